The van der Waals surface area contributed by atoms with Crippen LogP contribution < -0.4 is 0 Å². The van der Waals surface area contributed by atoms with Gasteiger partial charge < -0.3 is 9.47 Å². The van der Waals surface area contributed by atoms with Gasteiger partial charge in [0.05, 0.1) is 5.41 Å². The van der Waals surface area contributed by atoms with Crippen molar-refractivity contribution < 1.29 is 19.1 Å². The van der Waals surface area contributed by atoms with E-state index in [1.54, 1.807) is 0 Å². The molecule has 2 aliphatic carbocycles. The first kappa shape index (κ1) is 24.8. The highest BCUT2D eigenvalue weighted by Crippen LogP contribution is 2.59. The van der Waals surface area contributed by atoms with E-state index >= 15 is 0 Å². The first-order chi connectivity index (χ1) is 19.0. The van der Waals surface area contributed by atoms with Crippen molar-refractivity contribution in [2.75, 3.05) is 13.2 Å². The fourth-order valence-corrected chi connectivity index (χ4v) is 6.43. The molecule has 4 nitrogen and oxygen atoms in total. The fraction of sp³-hybridized carbons (Fsp3) is 0.143. The van der Waals surface area contributed by atoms with Crippen LogP contribution in [0, 0.1) is 0 Å². The molecule has 0 saturated carbocycles. The fourth-order valence-electron chi connectivity index (χ4n) is 6.43. The lowest BCUT2D eigenvalue weighted by Gasteiger charge is -2.41. The van der Waals surface area contributed by atoms with E-state index in [1.807, 2.05) is 48.5 Å². The molecule has 0 saturated heterocycles. The van der Waals surface area contributed by atoms with Gasteiger partial charge in [-0.2, -0.15) is 0 Å². The Morgan fingerprint density at radius 3 is 1.54 bits per heavy atom. The Morgan fingerprint density at radius 2 is 1.08 bits per heavy atom. The third-order valence-electron chi connectivity index (χ3n) is 8.06. The number of benzene rings is 4. The van der Waals surface area contributed by atoms with Gasteiger partial charge in [0, 0.05) is 12.5 Å². The summed E-state index contributed by atoms with van der Waals surface area (Å²) in [6.07, 6.45) is 2.90. The standard InChI is InChI=1S/C35H28O4/c1-3-24(36)21-39-35(31-19-11-7-15-27(31)28-16-8-12-20-32(28)35)22-34(23-38-33(37)4-2)29-17-9-5-13-25(29)26-14-6-10-18-30(26)34/h3-20H,1-2,21-23H2. The van der Waals surface area contributed by atoms with Crippen LogP contribution in [0.4, 0.5) is 0 Å². The first-order valence-corrected chi connectivity index (χ1v) is 13.0. The molecule has 0 fully saturated rings. The van der Waals surface area contributed by atoms with Crippen molar-refractivity contribution in [3.8, 4) is 22.3 Å². The zero-order valence-electron chi connectivity index (χ0n) is 21.6. The monoisotopic (exact) mass is 512 g/mol. The van der Waals surface area contributed by atoms with Crippen LogP contribution in [0.3, 0.4) is 0 Å². The second kappa shape index (κ2) is 9.64. The van der Waals surface area contributed by atoms with Crippen LogP contribution in [0.5, 0.6) is 0 Å². The lowest BCUT2D eigenvalue weighted by molar-refractivity contribution is -0.140. The lowest BCUT2D eigenvalue weighted by atomic mass is 9.68. The second-order valence-corrected chi connectivity index (χ2v) is 10.0. The molecular weight excluding hydrogens is 484 g/mol. The Labute approximate surface area is 228 Å². The smallest absolute Gasteiger partial charge is 0.330 e. The quantitative estimate of drug-likeness (QED) is 0.183. The van der Waals surface area contributed by atoms with Crippen LogP contribution in [0.15, 0.2) is 122 Å². The van der Waals surface area contributed by atoms with Gasteiger partial charge in [0.15, 0.2) is 5.78 Å². The van der Waals surface area contributed by atoms with Crippen molar-refractivity contribution in [1.82, 2.24) is 0 Å². The maximum atomic E-state index is 12.6. The molecule has 0 unspecified atom stereocenters. The summed E-state index contributed by atoms with van der Waals surface area (Å²) in [4.78, 5) is 25.1. The van der Waals surface area contributed by atoms with Gasteiger partial charge in [0.25, 0.3) is 0 Å². The van der Waals surface area contributed by atoms with Crippen LogP contribution in [-0.2, 0) is 30.1 Å². The minimum absolute atomic E-state index is 0.0940. The zero-order valence-corrected chi connectivity index (χ0v) is 21.6. The van der Waals surface area contributed by atoms with Crippen molar-refractivity contribution in [2.45, 2.75) is 17.4 Å². The number of hydrogen-bond donors (Lipinski definition) is 0. The van der Waals surface area contributed by atoms with Gasteiger partial charge >= 0.3 is 5.97 Å². The number of ether oxygens (including phenoxy) is 2. The predicted octanol–water partition coefficient (Wildman–Crippen LogP) is 6.77. The molecule has 0 heterocycles. The number of esters is 1. The average Bonchev–Trinajstić information content (AvgIpc) is 3.43. The summed E-state index contributed by atoms with van der Waals surface area (Å²) in [5, 5.41) is 0. The molecule has 0 spiro atoms. The average molecular weight is 513 g/mol. The van der Waals surface area contributed by atoms with Crippen molar-refractivity contribution in [3.05, 3.63) is 145 Å². The molecule has 0 aliphatic heterocycles. The van der Waals surface area contributed by atoms with Crippen molar-refractivity contribution in [2.24, 2.45) is 0 Å². The Hall–Kier alpha value is -4.54. The van der Waals surface area contributed by atoms with Crippen LogP contribution >= 0.6 is 0 Å². The summed E-state index contributed by atoms with van der Waals surface area (Å²) < 4.78 is 12.6. The summed E-state index contributed by atoms with van der Waals surface area (Å²) >= 11 is 0. The van der Waals surface area contributed by atoms with E-state index in [0.717, 1.165) is 44.5 Å². The van der Waals surface area contributed by atoms with Gasteiger partial charge in [-0.1, -0.05) is 110 Å². The highest BCUT2D eigenvalue weighted by Gasteiger charge is 2.54. The molecule has 4 heteroatoms. The van der Waals surface area contributed by atoms with E-state index in [0.29, 0.717) is 6.42 Å². The molecule has 192 valence electrons. The van der Waals surface area contributed by atoms with Crippen LogP contribution in [0.25, 0.3) is 22.3 Å². The number of fused-ring (bicyclic) bond motifs is 6. The summed E-state index contributed by atoms with van der Waals surface area (Å²) in [5.41, 5.74) is 6.67. The minimum atomic E-state index is -0.989. The maximum absolute atomic E-state index is 12.6. The van der Waals surface area contributed by atoms with Crippen LogP contribution in [0.2, 0.25) is 0 Å². The van der Waals surface area contributed by atoms with Crippen molar-refractivity contribution in [3.63, 3.8) is 0 Å². The highest BCUT2D eigenvalue weighted by atomic mass is 16.5. The van der Waals surface area contributed by atoms with Crippen molar-refractivity contribution in [1.29, 1.82) is 0 Å². The number of carbonyl (C=O) groups excluding carboxylic acids is 2. The third-order valence-corrected chi connectivity index (χ3v) is 8.06. The topological polar surface area (TPSA) is 52.6 Å². The van der Waals surface area contributed by atoms with E-state index in [4.69, 9.17) is 9.47 Å². The van der Waals surface area contributed by atoms with Gasteiger partial charge in [-0.25, -0.2) is 4.79 Å². The van der Waals surface area contributed by atoms with E-state index in [-0.39, 0.29) is 19.0 Å². The van der Waals surface area contributed by atoms with Gasteiger partial charge in [0.2, 0.25) is 0 Å². The number of carbonyl (C=O) groups is 2. The van der Waals surface area contributed by atoms with Crippen LogP contribution in [-0.4, -0.2) is 25.0 Å². The summed E-state index contributed by atoms with van der Waals surface area (Å²) in [5.74, 6) is -0.684. The number of ketones is 1. The van der Waals surface area contributed by atoms with Gasteiger partial charge in [0.1, 0.15) is 18.8 Å². The summed E-state index contributed by atoms with van der Waals surface area (Å²) in [6.45, 7) is 7.23. The van der Waals surface area contributed by atoms with Gasteiger partial charge in [-0.15, -0.1) is 0 Å². The molecule has 0 atom stereocenters. The normalized spacial score (nSPS) is 14.9. The summed E-state index contributed by atoms with van der Waals surface area (Å²) in [7, 11) is 0. The Kier molecular flexibility index (Phi) is 6.13. The minimum Gasteiger partial charge on any atom is -0.461 e. The maximum Gasteiger partial charge on any atom is 0.330 e. The van der Waals surface area contributed by atoms with Crippen molar-refractivity contribution >= 4 is 11.8 Å². The molecule has 4 aromatic rings. The van der Waals surface area contributed by atoms with E-state index < -0.39 is 17.0 Å². The molecule has 0 bridgehead atoms. The Morgan fingerprint density at radius 1 is 0.641 bits per heavy atom. The summed E-state index contributed by atoms with van der Waals surface area (Å²) in [6, 6.07) is 32.9. The molecule has 0 radical (unpaired) electrons. The number of hydrogen-bond acceptors (Lipinski definition) is 4. The first-order valence-electron chi connectivity index (χ1n) is 13.0. The third kappa shape index (κ3) is 3.79. The largest absolute Gasteiger partial charge is 0.461 e. The second-order valence-electron chi connectivity index (χ2n) is 10.0. The van der Waals surface area contributed by atoms with E-state index in [2.05, 4.69) is 61.7 Å². The molecule has 0 amide bonds. The molecular formula is C35H28O4. The van der Waals surface area contributed by atoms with E-state index in [1.165, 1.54) is 12.2 Å². The molecule has 2 aliphatic rings. The molecule has 4 aromatic carbocycles. The van der Waals surface area contributed by atoms with E-state index in [9.17, 15) is 9.59 Å². The Balaban J connectivity index is 1.63. The van der Waals surface area contributed by atoms with Gasteiger partial charge in [-0.05, 0) is 50.6 Å². The zero-order chi connectivity index (χ0) is 27.0. The van der Waals surface area contributed by atoms with Crippen LogP contribution in [0.1, 0.15) is 28.7 Å². The van der Waals surface area contributed by atoms with Gasteiger partial charge in [-0.3, -0.25) is 4.79 Å². The number of rotatable bonds is 9. The SMILES string of the molecule is C=CC(=O)COC1(CC2(COC(=O)C=C)c3ccccc3-c3ccccc32)c2ccccc2-c2ccccc21. The predicted molar refractivity (Wildman–Crippen MR) is 152 cm³/mol. The Bertz CT molecular complexity index is 1420. The molecule has 0 aromatic heterocycles. The highest BCUT2D eigenvalue weighted by molar-refractivity contribution is 5.90. The lowest BCUT2D eigenvalue weighted by Crippen LogP contribution is -2.43. The molecule has 0 N–H and O–H groups in total. The molecule has 6 rings (SSSR count). The molecule has 39 heavy (non-hydrogen) atoms.